The number of hydrogen-bond donors (Lipinski definition) is 1. The van der Waals surface area contributed by atoms with E-state index in [2.05, 4.69) is 20.0 Å². The number of carbonyl (C=O) groups is 1. The molecule has 32 heavy (non-hydrogen) atoms. The summed E-state index contributed by atoms with van der Waals surface area (Å²) >= 11 is 6.50. The van der Waals surface area contributed by atoms with E-state index in [9.17, 15) is 4.79 Å². The molecule has 2 aromatic heterocycles. The first kappa shape index (κ1) is 20.9. The summed E-state index contributed by atoms with van der Waals surface area (Å²) in [5.41, 5.74) is 4.93. The zero-order valence-corrected chi connectivity index (χ0v) is 18.4. The average molecular weight is 455 g/mol. The molecule has 3 heterocycles. The van der Waals surface area contributed by atoms with Crippen LogP contribution in [0.2, 0.25) is 5.02 Å². The minimum atomic E-state index is -0.765. The average Bonchev–Trinajstić information content (AvgIpc) is 3.42. The summed E-state index contributed by atoms with van der Waals surface area (Å²) in [6.45, 7) is 4.85. The molecule has 1 atom stereocenters. The van der Waals surface area contributed by atoms with Crippen molar-refractivity contribution in [1.29, 1.82) is 0 Å². The lowest BCUT2D eigenvalue weighted by atomic mass is 9.93. The maximum absolute atomic E-state index is 11.2. The summed E-state index contributed by atoms with van der Waals surface area (Å²) in [6.07, 6.45) is 3.57. The number of pyridine rings is 1. The van der Waals surface area contributed by atoms with Gasteiger partial charge in [-0.3, -0.25) is 4.79 Å². The summed E-state index contributed by atoms with van der Waals surface area (Å²) in [4.78, 5) is 22.4. The Morgan fingerprint density at radius 2 is 2.12 bits per heavy atom. The number of halogens is 1. The molecular formula is C23H23ClN4O4. The van der Waals surface area contributed by atoms with Gasteiger partial charge in [-0.25, -0.2) is 4.98 Å². The normalized spacial score (nSPS) is 18.1. The van der Waals surface area contributed by atoms with Crippen LogP contribution in [0.3, 0.4) is 0 Å². The van der Waals surface area contributed by atoms with E-state index in [0.29, 0.717) is 35.5 Å². The molecule has 1 aliphatic carbocycles. The van der Waals surface area contributed by atoms with Gasteiger partial charge in [0.15, 0.2) is 0 Å². The Kier molecular flexibility index (Phi) is 5.57. The van der Waals surface area contributed by atoms with Crippen LogP contribution in [0.25, 0.3) is 22.8 Å². The predicted octanol–water partition coefficient (Wildman–Crippen LogP) is 4.10. The number of rotatable bonds is 5. The van der Waals surface area contributed by atoms with E-state index in [4.69, 9.17) is 26.0 Å². The number of hydrogen-bond acceptors (Lipinski definition) is 7. The standard InChI is InChI=1S/C23H23ClN4O4/c1-13-16-3-2-14(11-20(29)30)18(16)5-4-17(13)21-26-23(32-27-21)15-10-19(24)22(25-12-15)28-6-8-31-9-7-28/h4-5,10,12,14H,2-3,6-9,11H2,1H3,(H,29,30). The third kappa shape index (κ3) is 3.84. The van der Waals surface area contributed by atoms with Gasteiger partial charge in [0.05, 0.1) is 30.2 Å². The zero-order chi connectivity index (χ0) is 22.2. The van der Waals surface area contributed by atoms with Crippen molar-refractivity contribution in [3.8, 4) is 22.8 Å². The van der Waals surface area contributed by atoms with E-state index in [1.54, 1.807) is 12.3 Å². The first-order valence-electron chi connectivity index (χ1n) is 10.7. The molecule has 2 aliphatic rings. The second-order valence-corrected chi connectivity index (χ2v) is 8.60. The fourth-order valence-corrected chi connectivity index (χ4v) is 4.92. The van der Waals surface area contributed by atoms with Crippen LogP contribution < -0.4 is 4.90 Å². The number of morpholine rings is 1. The zero-order valence-electron chi connectivity index (χ0n) is 17.7. The maximum atomic E-state index is 11.2. The molecule has 5 rings (SSSR count). The van der Waals surface area contributed by atoms with Crippen LogP contribution in [-0.4, -0.2) is 52.5 Å². The van der Waals surface area contributed by atoms with Gasteiger partial charge in [0, 0.05) is 24.8 Å². The molecule has 0 radical (unpaired) electrons. The fourth-order valence-electron chi connectivity index (χ4n) is 4.64. The van der Waals surface area contributed by atoms with Gasteiger partial charge >= 0.3 is 5.97 Å². The van der Waals surface area contributed by atoms with Crippen LogP contribution in [0.5, 0.6) is 0 Å². The van der Waals surface area contributed by atoms with Crippen molar-refractivity contribution in [2.75, 3.05) is 31.2 Å². The summed E-state index contributed by atoms with van der Waals surface area (Å²) in [7, 11) is 0. The van der Waals surface area contributed by atoms with E-state index >= 15 is 0 Å². The smallest absolute Gasteiger partial charge is 0.303 e. The lowest BCUT2D eigenvalue weighted by molar-refractivity contribution is -0.137. The van der Waals surface area contributed by atoms with Gasteiger partial charge in [0.25, 0.3) is 5.89 Å². The molecular weight excluding hydrogens is 432 g/mol. The Labute approximate surface area is 190 Å². The lowest BCUT2D eigenvalue weighted by Crippen LogP contribution is -2.36. The molecule has 1 aliphatic heterocycles. The molecule has 1 saturated heterocycles. The minimum absolute atomic E-state index is 0.0641. The van der Waals surface area contributed by atoms with Crippen molar-refractivity contribution in [3.05, 3.63) is 46.1 Å². The molecule has 1 aromatic carbocycles. The van der Waals surface area contributed by atoms with E-state index in [0.717, 1.165) is 48.4 Å². The molecule has 0 spiro atoms. The second-order valence-electron chi connectivity index (χ2n) is 8.19. The topological polar surface area (TPSA) is 102 Å². The van der Waals surface area contributed by atoms with E-state index in [-0.39, 0.29) is 12.3 Å². The second kappa shape index (κ2) is 8.52. The van der Waals surface area contributed by atoms with E-state index < -0.39 is 5.97 Å². The molecule has 0 saturated carbocycles. The Morgan fingerprint density at radius 3 is 2.88 bits per heavy atom. The van der Waals surface area contributed by atoms with E-state index in [1.807, 2.05) is 19.1 Å². The van der Waals surface area contributed by atoms with Gasteiger partial charge in [0.1, 0.15) is 5.82 Å². The Morgan fingerprint density at radius 1 is 1.31 bits per heavy atom. The van der Waals surface area contributed by atoms with Gasteiger partial charge in [-0.2, -0.15) is 4.98 Å². The number of carboxylic acids is 1. The monoisotopic (exact) mass is 454 g/mol. The van der Waals surface area contributed by atoms with Crippen molar-refractivity contribution in [2.24, 2.45) is 0 Å². The van der Waals surface area contributed by atoms with Crippen LogP contribution in [0.1, 0.15) is 35.4 Å². The largest absolute Gasteiger partial charge is 0.481 e. The Bertz CT molecular complexity index is 1170. The lowest BCUT2D eigenvalue weighted by Gasteiger charge is -2.28. The highest BCUT2D eigenvalue weighted by molar-refractivity contribution is 6.33. The first-order valence-corrected chi connectivity index (χ1v) is 11.1. The SMILES string of the molecule is Cc1c(-c2noc(-c3cnc(N4CCOCC4)c(Cl)c3)n2)ccc2c1CCC2CC(=O)O. The minimum Gasteiger partial charge on any atom is -0.481 e. The van der Waals surface area contributed by atoms with E-state index in [1.165, 1.54) is 5.56 Å². The first-order chi connectivity index (χ1) is 15.5. The summed E-state index contributed by atoms with van der Waals surface area (Å²) in [6, 6.07) is 5.75. The quantitative estimate of drug-likeness (QED) is 0.614. The molecule has 0 bridgehead atoms. The highest BCUT2D eigenvalue weighted by atomic mass is 35.5. The van der Waals surface area contributed by atoms with Gasteiger partial charge in [0.2, 0.25) is 5.82 Å². The molecule has 1 unspecified atom stereocenters. The van der Waals surface area contributed by atoms with Gasteiger partial charge < -0.3 is 19.3 Å². The van der Waals surface area contributed by atoms with Gasteiger partial charge in [-0.05, 0) is 48.4 Å². The van der Waals surface area contributed by atoms with Crippen LogP contribution in [-0.2, 0) is 16.0 Å². The van der Waals surface area contributed by atoms with Crippen molar-refractivity contribution in [2.45, 2.75) is 32.1 Å². The Hall–Kier alpha value is -2.97. The number of aliphatic carboxylic acids is 1. The Balaban J connectivity index is 1.41. The third-order valence-corrected chi connectivity index (χ3v) is 6.56. The summed E-state index contributed by atoms with van der Waals surface area (Å²) in [5, 5.41) is 13.9. The molecule has 3 aromatic rings. The molecule has 1 fully saturated rings. The number of benzene rings is 1. The third-order valence-electron chi connectivity index (χ3n) is 6.28. The van der Waals surface area contributed by atoms with Crippen LogP contribution >= 0.6 is 11.6 Å². The molecule has 1 N–H and O–H groups in total. The number of fused-ring (bicyclic) bond motifs is 1. The predicted molar refractivity (Wildman–Crippen MR) is 119 cm³/mol. The number of carboxylic acid groups (broad SMARTS) is 1. The highest BCUT2D eigenvalue weighted by Gasteiger charge is 2.28. The molecule has 166 valence electrons. The maximum Gasteiger partial charge on any atom is 0.303 e. The molecule has 8 nitrogen and oxygen atoms in total. The van der Waals surface area contributed by atoms with Crippen molar-refractivity contribution < 1.29 is 19.2 Å². The van der Waals surface area contributed by atoms with Crippen LogP contribution in [0, 0.1) is 6.92 Å². The van der Waals surface area contributed by atoms with Crippen LogP contribution in [0.4, 0.5) is 5.82 Å². The van der Waals surface area contributed by atoms with Gasteiger partial charge in [-0.1, -0.05) is 28.9 Å². The summed E-state index contributed by atoms with van der Waals surface area (Å²) < 4.78 is 10.9. The van der Waals surface area contributed by atoms with Crippen LogP contribution in [0.15, 0.2) is 28.9 Å². The van der Waals surface area contributed by atoms with Gasteiger partial charge in [-0.15, -0.1) is 0 Å². The fraction of sp³-hybridized carbons (Fsp3) is 0.391. The summed E-state index contributed by atoms with van der Waals surface area (Å²) in [5.74, 6) is 0.874. The number of aromatic nitrogens is 3. The molecule has 9 heteroatoms. The van der Waals surface area contributed by atoms with Crippen molar-refractivity contribution in [1.82, 2.24) is 15.1 Å². The van der Waals surface area contributed by atoms with Crippen molar-refractivity contribution in [3.63, 3.8) is 0 Å². The number of ether oxygens (including phenoxy) is 1. The number of nitrogens with zero attached hydrogens (tertiary/aromatic N) is 4. The van der Waals surface area contributed by atoms with Crippen molar-refractivity contribution >= 4 is 23.4 Å². The number of anilines is 1. The molecule has 0 amide bonds. The highest BCUT2D eigenvalue weighted by Crippen LogP contribution is 2.40.